The highest BCUT2D eigenvalue weighted by Crippen LogP contribution is 2.36. The summed E-state index contributed by atoms with van der Waals surface area (Å²) >= 11 is 0. The second-order valence-electron chi connectivity index (χ2n) is 7.32. The minimum atomic E-state index is -0.0271. The largest absolute Gasteiger partial charge is 0.372 e. The molecule has 4 rings (SSSR count). The molecule has 134 valence electrons. The molecule has 2 saturated heterocycles. The van der Waals surface area contributed by atoms with E-state index in [1.54, 1.807) is 0 Å². The SMILES string of the molecule is Cc1cc(CN2CC3(C[C@@H](OCc4ccccn4)CCO3)C2)n(C)n1. The number of aromatic nitrogens is 3. The summed E-state index contributed by atoms with van der Waals surface area (Å²) in [5.74, 6) is 0. The predicted molar refractivity (Wildman–Crippen MR) is 94.0 cm³/mol. The van der Waals surface area contributed by atoms with E-state index in [-0.39, 0.29) is 11.7 Å². The summed E-state index contributed by atoms with van der Waals surface area (Å²) in [6, 6.07) is 8.10. The number of ether oxygens (including phenoxy) is 2. The Labute approximate surface area is 148 Å². The van der Waals surface area contributed by atoms with Gasteiger partial charge in [-0.25, -0.2) is 0 Å². The fourth-order valence-electron chi connectivity index (χ4n) is 3.95. The zero-order chi connectivity index (χ0) is 17.3. The highest BCUT2D eigenvalue weighted by Gasteiger charge is 2.47. The molecule has 0 N–H and O–H groups in total. The van der Waals surface area contributed by atoms with Crippen molar-refractivity contribution in [1.29, 1.82) is 0 Å². The molecule has 1 spiro atoms. The van der Waals surface area contributed by atoms with E-state index >= 15 is 0 Å². The zero-order valence-electron chi connectivity index (χ0n) is 15.0. The van der Waals surface area contributed by atoms with Crippen molar-refractivity contribution in [2.75, 3.05) is 19.7 Å². The van der Waals surface area contributed by atoms with Gasteiger partial charge in [-0.3, -0.25) is 14.6 Å². The van der Waals surface area contributed by atoms with E-state index in [0.29, 0.717) is 6.61 Å². The van der Waals surface area contributed by atoms with Crippen LogP contribution in [0.3, 0.4) is 0 Å². The quantitative estimate of drug-likeness (QED) is 0.833. The van der Waals surface area contributed by atoms with Gasteiger partial charge in [-0.15, -0.1) is 0 Å². The molecule has 0 bridgehead atoms. The van der Waals surface area contributed by atoms with E-state index in [0.717, 1.165) is 50.5 Å². The second-order valence-corrected chi connectivity index (χ2v) is 7.32. The first-order valence-corrected chi connectivity index (χ1v) is 8.99. The minimum absolute atomic E-state index is 0.0271. The first kappa shape index (κ1) is 16.7. The van der Waals surface area contributed by atoms with Crippen molar-refractivity contribution in [2.45, 2.75) is 44.6 Å². The second kappa shape index (κ2) is 6.86. The zero-order valence-corrected chi connectivity index (χ0v) is 15.0. The maximum atomic E-state index is 6.13. The van der Waals surface area contributed by atoms with Crippen molar-refractivity contribution in [3.05, 3.63) is 47.5 Å². The van der Waals surface area contributed by atoms with Gasteiger partial charge in [0.1, 0.15) is 0 Å². The molecule has 0 aromatic carbocycles. The summed E-state index contributed by atoms with van der Waals surface area (Å²) in [6.45, 7) is 6.28. The molecule has 0 saturated carbocycles. The molecule has 2 aromatic rings. The lowest BCUT2D eigenvalue weighted by Crippen LogP contribution is -2.65. The van der Waals surface area contributed by atoms with Gasteiger partial charge in [0.05, 0.1) is 35.4 Å². The third kappa shape index (κ3) is 3.76. The monoisotopic (exact) mass is 342 g/mol. The van der Waals surface area contributed by atoms with E-state index in [2.05, 4.69) is 21.0 Å². The number of pyridine rings is 1. The van der Waals surface area contributed by atoms with Gasteiger partial charge in [0.25, 0.3) is 0 Å². The molecule has 6 nitrogen and oxygen atoms in total. The van der Waals surface area contributed by atoms with Crippen molar-refractivity contribution in [2.24, 2.45) is 7.05 Å². The summed E-state index contributed by atoms with van der Waals surface area (Å²) in [7, 11) is 2.01. The molecular formula is C19H26N4O2. The van der Waals surface area contributed by atoms with Crippen LogP contribution in [0, 0.1) is 6.92 Å². The van der Waals surface area contributed by atoms with Crippen LogP contribution >= 0.6 is 0 Å². The van der Waals surface area contributed by atoms with Gasteiger partial charge < -0.3 is 9.47 Å². The Bertz CT molecular complexity index is 709. The summed E-state index contributed by atoms with van der Waals surface area (Å²) in [4.78, 5) is 6.76. The molecule has 0 radical (unpaired) electrons. The molecule has 2 fully saturated rings. The molecule has 0 aliphatic carbocycles. The lowest BCUT2D eigenvalue weighted by atomic mass is 9.84. The Balaban J connectivity index is 1.28. The molecule has 2 aliphatic heterocycles. The van der Waals surface area contributed by atoms with E-state index in [4.69, 9.17) is 9.47 Å². The van der Waals surface area contributed by atoms with E-state index in [1.807, 2.05) is 43.0 Å². The molecule has 25 heavy (non-hydrogen) atoms. The molecular weight excluding hydrogens is 316 g/mol. The third-order valence-electron chi connectivity index (χ3n) is 5.15. The van der Waals surface area contributed by atoms with Crippen LogP contribution in [0.4, 0.5) is 0 Å². The highest BCUT2D eigenvalue weighted by molar-refractivity contribution is 5.11. The van der Waals surface area contributed by atoms with Crippen LogP contribution in [0.5, 0.6) is 0 Å². The number of aryl methyl sites for hydroxylation is 2. The lowest BCUT2D eigenvalue weighted by molar-refractivity contribution is -0.201. The van der Waals surface area contributed by atoms with E-state index in [1.165, 1.54) is 5.69 Å². The van der Waals surface area contributed by atoms with Gasteiger partial charge in [-0.2, -0.15) is 5.10 Å². The van der Waals surface area contributed by atoms with Gasteiger partial charge >= 0.3 is 0 Å². The summed E-state index contributed by atoms with van der Waals surface area (Å²) < 4.78 is 14.2. The molecule has 6 heteroatoms. The Kier molecular flexibility index (Phi) is 4.58. The Morgan fingerprint density at radius 1 is 1.36 bits per heavy atom. The number of hydrogen-bond acceptors (Lipinski definition) is 5. The summed E-state index contributed by atoms with van der Waals surface area (Å²) in [5, 5.41) is 4.42. The number of likely N-dealkylation sites (tertiary alicyclic amines) is 1. The van der Waals surface area contributed by atoms with E-state index < -0.39 is 0 Å². The van der Waals surface area contributed by atoms with Crippen LogP contribution < -0.4 is 0 Å². The van der Waals surface area contributed by atoms with Gasteiger partial charge in [-0.1, -0.05) is 6.07 Å². The van der Waals surface area contributed by atoms with Crippen molar-refractivity contribution in [1.82, 2.24) is 19.7 Å². The van der Waals surface area contributed by atoms with Crippen molar-refractivity contribution < 1.29 is 9.47 Å². The van der Waals surface area contributed by atoms with E-state index in [9.17, 15) is 0 Å². The molecule has 0 unspecified atom stereocenters. The van der Waals surface area contributed by atoms with Gasteiger partial charge in [0.2, 0.25) is 0 Å². The maximum Gasteiger partial charge on any atom is 0.0959 e. The normalized spacial score (nSPS) is 22.9. The molecule has 0 amide bonds. The Morgan fingerprint density at radius 3 is 2.96 bits per heavy atom. The van der Waals surface area contributed by atoms with Gasteiger partial charge in [-0.05, 0) is 31.5 Å². The van der Waals surface area contributed by atoms with Crippen LogP contribution in [0.25, 0.3) is 0 Å². The van der Waals surface area contributed by atoms with Crippen LogP contribution in [-0.4, -0.2) is 51.1 Å². The smallest absolute Gasteiger partial charge is 0.0959 e. The van der Waals surface area contributed by atoms with Crippen molar-refractivity contribution in [3.63, 3.8) is 0 Å². The lowest BCUT2D eigenvalue weighted by Gasteiger charge is -2.53. The standard InChI is InChI=1S/C19H26N4O2/c1-15-9-17(22(2)21-15)11-23-13-19(14-23)10-18(6-8-25-19)24-12-16-5-3-4-7-20-16/h3-5,7,9,18H,6,8,10-14H2,1-2H3/t18-/m0/s1. The first-order valence-electron chi connectivity index (χ1n) is 8.99. The maximum absolute atomic E-state index is 6.13. The van der Waals surface area contributed by atoms with Crippen molar-refractivity contribution in [3.8, 4) is 0 Å². The average molecular weight is 342 g/mol. The predicted octanol–water partition coefficient (Wildman–Crippen LogP) is 2.07. The topological polar surface area (TPSA) is 52.4 Å². The molecule has 2 aliphatic rings. The summed E-state index contributed by atoms with van der Waals surface area (Å²) in [5.41, 5.74) is 3.29. The first-order chi connectivity index (χ1) is 12.1. The van der Waals surface area contributed by atoms with Crippen LogP contribution in [0.1, 0.15) is 29.9 Å². The fraction of sp³-hybridized carbons (Fsp3) is 0.579. The highest BCUT2D eigenvalue weighted by atomic mass is 16.5. The van der Waals surface area contributed by atoms with Gasteiger partial charge in [0, 0.05) is 45.9 Å². The Morgan fingerprint density at radius 2 is 2.24 bits per heavy atom. The van der Waals surface area contributed by atoms with Crippen LogP contribution in [0.15, 0.2) is 30.5 Å². The average Bonchev–Trinajstić information content (AvgIpc) is 2.90. The summed E-state index contributed by atoms with van der Waals surface area (Å²) in [6.07, 6.45) is 4.02. The molecule has 2 aromatic heterocycles. The molecule has 4 heterocycles. The van der Waals surface area contributed by atoms with Crippen molar-refractivity contribution >= 4 is 0 Å². The minimum Gasteiger partial charge on any atom is -0.372 e. The third-order valence-corrected chi connectivity index (χ3v) is 5.15. The van der Waals surface area contributed by atoms with Gasteiger partial charge in [0.15, 0.2) is 0 Å². The number of nitrogens with zero attached hydrogens (tertiary/aromatic N) is 4. The van der Waals surface area contributed by atoms with Crippen LogP contribution in [-0.2, 0) is 29.7 Å². The Hall–Kier alpha value is -1.76. The fourth-order valence-corrected chi connectivity index (χ4v) is 3.95. The number of hydrogen-bond donors (Lipinski definition) is 0. The van der Waals surface area contributed by atoms with Crippen LogP contribution in [0.2, 0.25) is 0 Å². The molecule has 1 atom stereocenters. The number of rotatable bonds is 5.